The first-order valence-corrected chi connectivity index (χ1v) is 12.5. The van der Waals surface area contributed by atoms with Crippen LogP contribution in [0, 0.1) is 5.92 Å². The number of thiol groups is 1. The summed E-state index contributed by atoms with van der Waals surface area (Å²) in [6.07, 6.45) is 2.13. The molecule has 0 aliphatic carbocycles. The first-order valence-electron chi connectivity index (χ1n) is 11.9. The van der Waals surface area contributed by atoms with Gasteiger partial charge in [-0.15, -0.1) is 0 Å². The zero-order valence-corrected chi connectivity index (χ0v) is 21.3. The standard InChI is InChI=1S/C24H39N5O5S/c1-3-15(2)20(29-21(30)17(26)14-35)23(32)28-19(13-16-9-5-4-6-10-16)22(31)27-18(24(33)34)11-7-8-12-25/h4-6,9-10,15,17-20,35H,3,7-8,11-14,25-26H2,1-2H3,(H,27,31)(H,28,32)(H,29,30)(H,33,34). The highest BCUT2D eigenvalue weighted by Gasteiger charge is 2.32. The number of nitrogens with two attached hydrogens (primary N) is 2. The maximum Gasteiger partial charge on any atom is 0.326 e. The molecule has 11 heteroatoms. The van der Waals surface area contributed by atoms with Crippen LogP contribution in [0.2, 0.25) is 0 Å². The molecule has 0 saturated carbocycles. The highest BCUT2D eigenvalue weighted by atomic mass is 32.1. The maximum absolute atomic E-state index is 13.2. The third-order valence-electron chi connectivity index (χ3n) is 5.80. The summed E-state index contributed by atoms with van der Waals surface area (Å²) >= 11 is 4.03. The number of aliphatic carboxylic acids is 1. The van der Waals surface area contributed by atoms with E-state index >= 15 is 0 Å². The molecule has 0 aliphatic heterocycles. The minimum absolute atomic E-state index is 0.112. The molecule has 1 aromatic rings. The van der Waals surface area contributed by atoms with Gasteiger partial charge < -0.3 is 32.5 Å². The van der Waals surface area contributed by atoms with Gasteiger partial charge in [0.2, 0.25) is 17.7 Å². The molecule has 0 fully saturated rings. The van der Waals surface area contributed by atoms with Crippen LogP contribution >= 0.6 is 12.6 Å². The lowest BCUT2D eigenvalue weighted by molar-refractivity contribution is -0.142. The lowest BCUT2D eigenvalue weighted by Crippen LogP contribution is -2.59. The number of unbranched alkanes of at least 4 members (excludes halogenated alkanes) is 1. The van der Waals surface area contributed by atoms with Crippen LogP contribution in [0.15, 0.2) is 30.3 Å². The number of carboxylic acid groups (broad SMARTS) is 1. The summed E-state index contributed by atoms with van der Waals surface area (Å²) in [5, 5.41) is 17.5. The summed E-state index contributed by atoms with van der Waals surface area (Å²) < 4.78 is 0. The van der Waals surface area contributed by atoms with E-state index in [4.69, 9.17) is 11.5 Å². The number of amides is 3. The van der Waals surface area contributed by atoms with E-state index in [1.165, 1.54) is 0 Å². The number of carbonyl (C=O) groups excluding carboxylic acids is 3. The number of carbonyl (C=O) groups is 4. The number of hydrogen-bond donors (Lipinski definition) is 7. The van der Waals surface area contributed by atoms with Crippen LogP contribution in [0.25, 0.3) is 0 Å². The van der Waals surface area contributed by atoms with Crippen molar-refractivity contribution in [1.82, 2.24) is 16.0 Å². The molecule has 1 rings (SSSR count). The van der Waals surface area contributed by atoms with Gasteiger partial charge in [0, 0.05) is 12.2 Å². The molecular formula is C24H39N5O5S. The average Bonchev–Trinajstić information content (AvgIpc) is 2.85. The van der Waals surface area contributed by atoms with E-state index in [-0.39, 0.29) is 24.5 Å². The Morgan fingerprint density at radius 3 is 2.14 bits per heavy atom. The molecule has 10 nitrogen and oxygen atoms in total. The Hall–Kier alpha value is -2.63. The van der Waals surface area contributed by atoms with Crippen LogP contribution in [-0.4, -0.2) is 65.3 Å². The van der Waals surface area contributed by atoms with Gasteiger partial charge in [0.1, 0.15) is 18.1 Å². The molecule has 8 N–H and O–H groups in total. The highest BCUT2D eigenvalue weighted by molar-refractivity contribution is 7.80. The minimum Gasteiger partial charge on any atom is -0.480 e. The third kappa shape index (κ3) is 10.7. The van der Waals surface area contributed by atoms with Crippen molar-refractivity contribution >= 4 is 36.3 Å². The van der Waals surface area contributed by atoms with Crippen molar-refractivity contribution < 1.29 is 24.3 Å². The van der Waals surface area contributed by atoms with Gasteiger partial charge >= 0.3 is 5.97 Å². The van der Waals surface area contributed by atoms with Crippen molar-refractivity contribution in [1.29, 1.82) is 0 Å². The fourth-order valence-corrected chi connectivity index (χ4v) is 3.55. The Labute approximate surface area is 212 Å². The smallest absolute Gasteiger partial charge is 0.326 e. The van der Waals surface area contributed by atoms with Crippen LogP contribution in [0.5, 0.6) is 0 Å². The summed E-state index contributed by atoms with van der Waals surface area (Å²) in [6, 6.07) is 5.08. The van der Waals surface area contributed by atoms with Gasteiger partial charge in [-0.05, 0) is 37.3 Å². The van der Waals surface area contributed by atoms with Gasteiger partial charge in [-0.25, -0.2) is 4.79 Å². The van der Waals surface area contributed by atoms with Crippen molar-refractivity contribution in [2.45, 2.75) is 70.1 Å². The molecule has 5 atom stereocenters. The van der Waals surface area contributed by atoms with Crippen molar-refractivity contribution in [3.05, 3.63) is 35.9 Å². The van der Waals surface area contributed by atoms with Gasteiger partial charge in [0.15, 0.2) is 0 Å². The fourth-order valence-electron chi connectivity index (χ4n) is 3.39. The lowest BCUT2D eigenvalue weighted by Gasteiger charge is -2.28. The normalized spacial score (nSPS) is 15.2. The molecule has 35 heavy (non-hydrogen) atoms. The Kier molecular flexibility index (Phi) is 14.0. The zero-order chi connectivity index (χ0) is 26.4. The van der Waals surface area contributed by atoms with Crippen molar-refractivity contribution in [2.24, 2.45) is 17.4 Å². The summed E-state index contributed by atoms with van der Waals surface area (Å²) in [5.74, 6) is -2.98. The first kappa shape index (κ1) is 30.4. The van der Waals surface area contributed by atoms with E-state index in [2.05, 4.69) is 28.6 Å². The van der Waals surface area contributed by atoms with Crippen LogP contribution < -0.4 is 27.4 Å². The Bertz CT molecular complexity index is 826. The lowest BCUT2D eigenvalue weighted by atomic mass is 9.96. The predicted molar refractivity (Wildman–Crippen MR) is 138 cm³/mol. The fraction of sp³-hybridized carbons (Fsp3) is 0.583. The van der Waals surface area contributed by atoms with E-state index in [0.717, 1.165) is 5.56 Å². The molecule has 0 bridgehead atoms. The molecule has 196 valence electrons. The molecule has 0 aliphatic rings. The number of benzene rings is 1. The minimum atomic E-state index is -1.16. The van der Waals surface area contributed by atoms with Crippen LogP contribution in [-0.2, 0) is 25.6 Å². The number of carboxylic acids is 1. The summed E-state index contributed by atoms with van der Waals surface area (Å²) in [7, 11) is 0. The van der Waals surface area contributed by atoms with Crippen molar-refractivity contribution in [2.75, 3.05) is 12.3 Å². The molecule has 1 aromatic carbocycles. The Morgan fingerprint density at radius 2 is 1.60 bits per heavy atom. The average molecular weight is 510 g/mol. The Morgan fingerprint density at radius 1 is 0.971 bits per heavy atom. The largest absolute Gasteiger partial charge is 0.480 e. The van der Waals surface area contributed by atoms with Crippen LogP contribution in [0.4, 0.5) is 0 Å². The topological polar surface area (TPSA) is 177 Å². The molecular weight excluding hydrogens is 470 g/mol. The van der Waals surface area contributed by atoms with E-state index in [1.807, 2.05) is 25.1 Å². The first-order chi connectivity index (χ1) is 16.6. The number of rotatable bonds is 16. The maximum atomic E-state index is 13.2. The van der Waals surface area contributed by atoms with Crippen LogP contribution in [0.3, 0.4) is 0 Å². The zero-order valence-electron chi connectivity index (χ0n) is 20.4. The summed E-state index contributed by atoms with van der Waals surface area (Å²) in [4.78, 5) is 50.4. The quantitative estimate of drug-likeness (QED) is 0.123. The van der Waals surface area contributed by atoms with E-state index < -0.39 is 47.9 Å². The highest BCUT2D eigenvalue weighted by Crippen LogP contribution is 2.11. The van der Waals surface area contributed by atoms with Gasteiger partial charge in [-0.3, -0.25) is 14.4 Å². The molecule has 0 spiro atoms. The van der Waals surface area contributed by atoms with Gasteiger partial charge in [-0.1, -0.05) is 50.6 Å². The molecule has 0 aromatic heterocycles. The molecule has 0 heterocycles. The van der Waals surface area contributed by atoms with Gasteiger partial charge in [0.25, 0.3) is 0 Å². The summed E-state index contributed by atoms with van der Waals surface area (Å²) in [6.45, 7) is 4.11. The summed E-state index contributed by atoms with van der Waals surface area (Å²) in [5.41, 5.74) is 12.0. The molecule has 3 amide bonds. The monoisotopic (exact) mass is 509 g/mol. The van der Waals surface area contributed by atoms with E-state index in [1.54, 1.807) is 19.1 Å². The predicted octanol–water partition coefficient (Wildman–Crippen LogP) is 0.200. The second kappa shape index (κ2) is 16.1. The van der Waals surface area contributed by atoms with E-state index in [9.17, 15) is 24.3 Å². The van der Waals surface area contributed by atoms with Crippen molar-refractivity contribution in [3.63, 3.8) is 0 Å². The van der Waals surface area contributed by atoms with Crippen molar-refractivity contribution in [3.8, 4) is 0 Å². The third-order valence-corrected chi connectivity index (χ3v) is 6.20. The number of hydrogen-bond acceptors (Lipinski definition) is 7. The van der Waals surface area contributed by atoms with Gasteiger partial charge in [0.05, 0.1) is 6.04 Å². The second-order valence-electron chi connectivity index (χ2n) is 8.60. The Balaban J connectivity index is 3.10. The van der Waals surface area contributed by atoms with E-state index in [0.29, 0.717) is 25.8 Å². The molecule has 0 radical (unpaired) electrons. The second-order valence-corrected chi connectivity index (χ2v) is 8.96. The van der Waals surface area contributed by atoms with Crippen LogP contribution in [0.1, 0.15) is 45.1 Å². The molecule has 0 saturated heterocycles. The van der Waals surface area contributed by atoms with Gasteiger partial charge in [-0.2, -0.15) is 12.6 Å². The number of nitrogens with one attached hydrogen (secondary N) is 3. The molecule has 5 unspecified atom stereocenters. The SMILES string of the molecule is CCC(C)C(NC(=O)C(N)CS)C(=O)NC(Cc1ccccc1)C(=O)NC(CCCCN)C(=O)O.